The molecule has 0 spiro atoms. The van der Waals surface area contributed by atoms with Crippen molar-refractivity contribution in [2.75, 3.05) is 4.90 Å². The SMILES string of the molecule is O=CC=C(c1ccccc1)c1ccc(N(c2ccccc2)c2ccccc2)cc1. The summed E-state index contributed by atoms with van der Waals surface area (Å²) in [5, 5.41) is 0. The first-order chi connectivity index (χ1) is 14.4. The molecular formula is C27H21NO. The van der Waals surface area contributed by atoms with E-state index in [-0.39, 0.29) is 0 Å². The van der Waals surface area contributed by atoms with Crippen molar-refractivity contribution in [3.63, 3.8) is 0 Å². The number of anilines is 3. The zero-order valence-corrected chi connectivity index (χ0v) is 16.0. The lowest BCUT2D eigenvalue weighted by Crippen LogP contribution is -2.09. The minimum absolute atomic E-state index is 0.844. The van der Waals surface area contributed by atoms with Crippen LogP contribution in [0.25, 0.3) is 5.57 Å². The van der Waals surface area contributed by atoms with Crippen LogP contribution in [-0.2, 0) is 4.79 Å². The van der Waals surface area contributed by atoms with E-state index in [9.17, 15) is 4.79 Å². The molecule has 0 aromatic heterocycles. The van der Waals surface area contributed by atoms with Crippen LogP contribution in [0.3, 0.4) is 0 Å². The number of hydrogen-bond donors (Lipinski definition) is 0. The molecule has 4 aromatic carbocycles. The van der Waals surface area contributed by atoms with E-state index in [0.29, 0.717) is 0 Å². The van der Waals surface area contributed by atoms with Crippen molar-refractivity contribution < 1.29 is 4.79 Å². The number of para-hydroxylation sites is 2. The number of aldehydes is 1. The highest BCUT2D eigenvalue weighted by Gasteiger charge is 2.12. The van der Waals surface area contributed by atoms with E-state index in [1.807, 2.05) is 66.7 Å². The average molecular weight is 375 g/mol. The van der Waals surface area contributed by atoms with Crippen molar-refractivity contribution in [3.8, 4) is 0 Å². The van der Waals surface area contributed by atoms with E-state index in [2.05, 4.69) is 53.4 Å². The molecule has 0 aliphatic rings. The lowest BCUT2D eigenvalue weighted by atomic mass is 9.97. The van der Waals surface area contributed by atoms with Gasteiger partial charge in [-0.3, -0.25) is 4.79 Å². The minimum atomic E-state index is 0.844. The summed E-state index contributed by atoms with van der Waals surface area (Å²) in [6.45, 7) is 0. The predicted octanol–water partition coefficient (Wildman–Crippen LogP) is 6.79. The van der Waals surface area contributed by atoms with E-state index >= 15 is 0 Å². The summed E-state index contributed by atoms with van der Waals surface area (Å²) in [7, 11) is 0. The number of nitrogens with zero attached hydrogens (tertiary/aromatic N) is 1. The van der Waals surface area contributed by atoms with Crippen molar-refractivity contribution in [2.45, 2.75) is 0 Å². The molecule has 2 nitrogen and oxygen atoms in total. The molecular weight excluding hydrogens is 354 g/mol. The summed E-state index contributed by atoms with van der Waals surface area (Å²) in [6.07, 6.45) is 2.47. The highest BCUT2D eigenvalue weighted by molar-refractivity contribution is 5.90. The van der Waals surface area contributed by atoms with Gasteiger partial charge in [-0.05, 0) is 59.2 Å². The second-order valence-electron chi connectivity index (χ2n) is 6.64. The Bertz CT molecular complexity index is 1050. The van der Waals surface area contributed by atoms with Crippen LogP contribution in [0.2, 0.25) is 0 Å². The van der Waals surface area contributed by atoms with Gasteiger partial charge >= 0.3 is 0 Å². The maximum atomic E-state index is 11.2. The second kappa shape index (κ2) is 8.85. The molecule has 4 aromatic rings. The van der Waals surface area contributed by atoms with Gasteiger partial charge in [0.2, 0.25) is 0 Å². The summed E-state index contributed by atoms with van der Waals surface area (Å²) in [5.41, 5.74) is 6.20. The van der Waals surface area contributed by atoms with Crippen LogP contribution in [-0.4, -0.2) is 6.29 Å². The first kappa shape index (κ1) is 18.5. The fraction of sp³-hybridized carbons (Fsp3) is 0. The average Bonchev–Trinajstić information content (AvgIpc) is 2.80. The number of carbonyl (C=O) groups is 1. The Labute approximate surface area is 171 Å². The van der Waals surface area contributed by atoms with Gasteiger partial charge in [-0.15, -0.1) is 0 Å². The molecule has 0 aliphatic carbocycles. The highest BCUT2D eigenvalue weighted by Crippen LogP contribution is 2.35. The normalized spacial score (nSPS) is 11.1. The molecule has 0 radical (unpaired) electrons. The number of carbonyl (C=O) groups excluding carboxylic acids is 1. The van der Waals surface area contributed by atoms with E-state index in [1.54, 1.807) is 6.08 Å². The molecule has 0 bridgehead atoms. The number of hydrogen-bond acceptors (Lipinski definition) is 2. The Balaban J connectivity index is 1.75. The molecule has 0 fully saturated rings. The summed E-state index contributed by atoms with van der Waals surface area (Å²) < 4.78 is 0. The summed E-state index contributed by atoms with van der Waals surface area (Å²) >= 11 is 0. The van der Waals surface area contributed by atoms with Crippen LogP contribution in [0, 0.1) is 0 Å². The van der Waals surface area contributed by atoms with Crippen molar-refractivity contribution in [1.29, 1.82) is 0 Å². The number of benzene rings is 4. The third-order valence-electron chi connectivity index (χ3n) is 4.78. The highest BCUT2D eigenvalue weighted by atomic mass is 16.1. The molecule has 140 valence electrons. The van der Waals surface area contributed by atoms with Crippen LogP contribution < -0.4 is 4.90 Å². The van der Waals surface area contributed by atoms with Gasteiger partial charge in [0.25, 0.3) is 0 Å². The molecule has 0 saturated carbocycles. The largest absolute Gasteiger partial charge is 0.311 e. The molecule has 0 heterocycles. The zero-order chi connectivity index (χ0) is 19.9. The standard InChI is InChI=1S/C27H21NO/c29-21-20-27(22-10-4-1-5-11-22)23-16-18-26(19-17-23)28(24-12-6-2-7-13-24)25-14-8-3-9-15-25/h1-21H. The first-order valence-electron chi connectivity index (χ1n) is 9.58. The van der Waals surface area contributed by atoms with Crippen LogP contribution in [0.1, 0.15) is 11.1 Å². The van der Waals surface area contributed by atoms with E-state index in [0.717, 1.165) is 40.0 Å². The Morgan fingerprint density at radius 1 is 0.517 bits per heavy atom. The zero-order valence-electron chi connectivity index (χ0n) is 16.0. The maximum Gasteiger partial charge on any atom is 0.143 e. The maximum absolute atomic E-state index is 11.2. The van der Waals surface area contributed by atoms with Gasteiger partial charge in [0.15, 0.2) is 0 Å². The smallest absolute Gasteiger partial charge is 0.143 e. The Kier molecular flexibility index (Phi) is 5.63. The fourth-order valence-electron chi connectivity index (χ4n) is 3.44. The molecule has 2 heteroatoms. The van der Waals surface area contributed by atoms with Gasteiger partial charge in [-0.25, -0.2) is 0 Å². The molecule has 29 heavy (non-hydrogen) atoms. The summed E-state index contributed by atoms with van der Waals surface area (Å²) in [5.74, 6) is 0. The molecule has 0 saturated heterocycles. The lowest BCUT2D eigenvalue weighted by molar-refractivity contribution is -0.104. The summed E-state index contributed by atoms with van der Waals surface area (Å²) in [4.78, 5) is 13.4. The van der Waals surface area contributed by atoms with Gasteiger partial charge in [0, 0.05) is 17.1 Å². The fourth-order valence-corrected chi connectivity index (χ4v) is 3.44. The van der Waals surface area contributed by atoms with Gasteiger partial charge in [0.1, 0.15) is 6.29 Å². The molecule has 0 aliphatic heterocycles. The Hall–Kier alpha value is -3.91. The molecule has 0 amide bonds. The van der Waals surface area contributed by atoms with Crippen LogP contribution >= 0.6 is 0 Å². The monoisotopic (exact) mass is 375 g/mol. The van der Waals surface area contributed by atoms with Crippen molar-refractivity contribution in [3.05, 3.63) is 132 Å². The van der Waals surface area contributed by atoms with Gasteiger partial charge < -0.3 is 4.90 Å². The quantitative estimate of drug-likeness (QED) is 0.273. The van der Waals surface area contributed by atoms with Crippen molar-refractivity contribution in [2.24, 2.45) is 0 Å². The van der Waals surface area contributed by atoms with E-state index in [4.69, 9.17) is 0 Å². The lowest BCUT2D eigenvalue weighted by Gasteiger charge is -2.25. The summed E-state index contributed by atoms with van der Waals surface area (Å²) in [6, 6.07) is 38.9. The van der Waals surface area contributed by atoms with Gasteiger partial charge in [0.05, 0.1) is 0 Å². The van der Waals surface area contributed by atoms with Crippen LogP contribution in [0.5, 0.6) is 0 Å². The number of allylic oxidation sites excluding steroid dienone is 1. The molecule has 0 atom stereocenters. The van der Waals surface area contributed by atoms with Crippen molar-refractivity contribution >= 4 is 28.9 Å². The van der Waals surface area contributed by atoms with E-state index in [1.165, 1.54) is 0 Å². The third-order valence-corrected chi connectivity index (χ3v) is 4.78. The topological polar surface area (TPSA) is 20.3 Å². The third kappa shape index (κ3) is 4.17. The predicted molar refractivity (Wildman–Crippen MR) is 121 cm³/mol. The van der Waals surface area contributed by atoms with E-state index < -0.39 is 0 Å². The molecule has 0 unspecified atom stereocenters. The van der Waals surface area contributed by atoms with Crippen molar-refractivity contribution in [1.82, 2.24) is 0 Å². The molecule has 4 rings (SSSR count). The van der Waals surface area contributed by atoms with Gasteiger partial charge in [-0.2, -0.15) is 0 Å². The van der Waals surface area contributed by atoms with Crippen LogP contribution in [0.4, 0.5) is 17.1 Å². The first-order valence-corrected chi connectivity index (χ1v) is 9.58. The van der Waals surface area contributed by atoms with Crippen LogP contribution in [0.15, 0.2) is 121 Å². The second-order valence-corrected chi connectivity index (χ2v) is 6.64. The molecule has 0 N–H and O–H groups in total. The number of rotatable bonds is 6. The van der Waals surface area contributed by atoms with Gasteiger partial charge in [-0.1, -0.05) is 78.9 Å². The Morgan fingerprint density at radius 2 is 0.931 bits per heavy atom. The Morgan fingerprint density at radius 3 is 1.41 bits per heavy atom. The minimum Gasteiger partial charge on any atom is -0.311 e.